The Morgan fingerprint density at radius 2 is 2.06 bits per heavy atom. The lowest BCUT2D eigenvalue weighted by Crippen LogP contribution is -2.53. The van der Waals surface area contributed by atoms with Gasteiger partial charge in [-0.1, -0.05) is 0 Å². The summed E-state index contributed by atoms with van der Waals surface area (Å²) in [6.07, 6.45) is 0. The topological polar surface area (TPSA) is 79.4 Å². The third-order valence-electron chi connectivity index (χ3n) is 2.17. The minimum Gasteiger partial charge on any atom is -0.319 e. The quantitative estimate of drug-likeness (QED) is 0.673. The summed E-state index contributed by atoms with van der Waals surface area (Å²) in [5.74, 6) is -1.22. The highest BCUT2D eigenvalue weighted by atomic mass is 32.1. The van der Waals surface area contributed by atoms with Gasteiger partial charge in [0, 0.05) is 0 Å². The molecule has 0 unspecified atom stereocenters. The highest BCUT2D eigenvalue weighted by Gasteiger charge is 2.28. The lowest BCUT2D eigenvalue weighted by molar-refractivity contribution is -0.135. The van der Waals surface area contributed by atoms with Gasteiger partial charge in [0.15, 0.2) is 0 Å². The molecule has 2 heterocycles. The molecular weight excluding hydrogens is 230 g/mol. The maximum Gasteiger partial charge on any atom is 0.266 e. The van der Waals surface area contributed by atoms with Gasteiger partial charge >= 0.3 is 0 Å². The summed E-state index contributed by atoms with van der Waals surface area (Å²) < 4.78 is 0. The largest absolute Gasteiger partial charge is 0.319 e. The number of imide groups is 1. The number of amides is 3. The maximum atomic E-state index is 11.9. The van der Waals surface area contributed by atoms with Crippen molar-refractivity contribution in [2.75, 3.05) is 13.1 Å². The standard InChI is InChI=1S/C9H9N3O3S/c1-5-8(16-4-10-5)9(15)12-2-6(13)11-7(14)3-12/h4H,2-3H2,1H3,(H,11,13,14). The average molecular weight is 239 g/mol. The van der Waals surface area contributed by atoms with E-state index in [4.69, 9.17) is 0 Å². The van der Waals surface area contributed by atoms with Crippen molar-refractivity contribution in [2.45, 2.75) is 6.92 Å². The number of aryl methyl sites for hydroxylation is 1. The molecule has 0 atom stereocenters. The number of piperazine rings is 1. The summed E-state index contributed by atoms with van der Waals surface area (Å²) in [6, 6.07) is 0. The summed E-state index contributed by atoms with van der Waals surface area (Å²) in [5.41, 5.74) is 2.18. The van der Waals surface area contributed by atoms with Gasteiger partial charge < -0.3 is 4.90 Å². The molecule has 6 nitrogen and oxygen atoms in total. The van der Waals surface area contributed by atoms with Gasteiger partial charge in [-0.05, 0) is 6.92 Å². The first-order valence-electron chi connectivity index (χ1n) is 4.60. The predicted molar refractivity (Wildman–Crippen MR) is 55.9 cm³/mol. The fraction of sp³-hybridized carbons (Fsp3) is 0.333. The Kier molecular flexibility index (Phi) is 2.69. The highest BCUT2D eigenvalue weighted by Crippen LogP contribution is 2.15. The van der Waals surface area contributed by atoms with Crippen molar-refractivity contribution in [2.24, 2.45) is 0 Å². The highest BCUT2D eigenvalue weighted by molar-refractivity contribution is 7.11. The van der Waals surface area contributed by atoms with E-state index < -0.39 is 11.8 Å². The molecule has 1 saturated heterocycles. The smallest absolute Gasteiger partial charge is 0.266 e. The fourth-order valence-corrected chi connectivity index (χ4v) is 2.20. The van der Waals surface area contributed by atoms with Crippen molar-refractivity contribution in [3.8, 4) is 0 Å². The molecule has 7 heteroatoms. The molecule has 1 aliphatic rings. The number of carbonyl (C=O) groups is 3. The van der Waals surface area contributed by atoms with Crippen molar-refractivity contribution in [3.05, 3.63) is 16.1 Å². The van der Waals surface area contributed by atoms with Crippen LogP contribution in [0.5, 0.6) is 0 Å². The van der Waals surface area contributed by atoms with E-state index in [2.05, 4.69) is 10.3 Å². The Morgan fingerprint density at radius 3 is 2.56 bits per heavy atom. The number of thiazole rings is 1. The Labute approximate surface area is 95.3 Å². The van der Waals surface area contributed by atoms with Gasteiger partial charge in [-0.2, -0.15) is 0 Å². The second-order valence-electron chi connectivity index (χ2n) is 3.40. The van der Waals surface area contributed by atoms with Crippen molar-refractivity contribution in [1.82, 2.24) is 15.2 Å². The van der Waals surface area contributed by atoms with Gasteiger partial charge in [-0.25, -0.2) is 4.98 Å². The minimum atomic E-state index is -0.452. The van der Waals surface area contributed by atoms with Crippen LogP contribution in [-0.2, 0) is 9.59 Å². The molecule has 16 heavy (non-hydrogen) atoms. The first kappa shape index (κ1) is 10.7. The van der Waals surface area contributed by atoms with E-state index in [9.17, 15) is 14.4 Å². The van der Waals surface area contributed by atoms with Crippen LogP contribution in [0.1, 0.15) is 15.4 Å². The SMILES string of the molecule is Cc1ncsc1C(=O)N1CC(=O)NC(=O)C1. The molecule has 0 bridgehead atoms. The Bertz CT molecular complexity index is 452. The molecular formula is C9H9N3O3S. The monoisotopic (exact) mass is 239 g/mol. The van der Waals surface area contributed by atoms with Gasteiger partial charge in [-0.3, -0.25) is 19.7 Å². The summed E-state index contributed by atoms with van der Waals surface area (Å²) in [6.45, 7) is 1.55. The minimum absolute atomic E-state index is 0.0814. The molecule has 1 fully saturated rings. The van der Waals surface area contributed by atoms with Crippen molar-refractivity contribution in [1.29, 1.82) is 0 Å². The van der Waals surface area contributed by atoms with Gasteiger partial charge in [0.2, 0.25) is 11.8 Å². The zero-order valence-corrected chi connectivity index (χ0v) is 9.34. The zero-order chi connectivity index (χ0) is 11.7. The van der Waals surface area contributed by atoms with Crippen molar-refractivity contribution >= 4 is 29.1 Å². The fourth-order valence-electron chi connectivity index (χ4n) is 1.43. The van der Waals surface area contributed by atoms with Crippen LogP contribution in [0.4, 0.5) is 0 Å². The van der Waals surface area contributed by atoms with Crippen LogP contribution in [0.2, 0.25) is 0 Å². The van der Waals surface area contributed by atoms with Gasteiger partial charge in [0.25, 0.3) is 5.91 Å². The maximum absolute atomic E-state index is 11.9. The lowest BCUT2D eigenvalue weighted by atomic mass is 10.3. The van der Waals surface area contributed by atoms with Crippen LogP contribution in [-0.4, -0.2) is 40.7 Å². The number of carbonyl (C=O) groups excluding carboxylic acids is 3. The first-order chi connectivity index (χ1) is 7.58. The van der Waals surface area contributed by atoms with Gasteiger partial charge in [0.05, 0.1) is 11.2 Å². The molecule has 3 amide bonds. The van der Waals surface area contributed by atoms with Gasteiger partial charge in [0.1, 0.15) is 18.0 Å². The van der Waals surface area contributed by atoms with E-state index in [-0.39, 0.29) is 19.0 Å². The normalized spacial score (nSPS) is 16.2. The van der Waals surface area contributed by atoms with Crippen LogP contribution in [0, 0.1) is 6.92 Å². The lowest BCUT2D eigenvalue weighted by Gasteiger charge is -2.24. The van der Waals surface area contributed by atoms with Gasteiger partial charge in [-0.15, -0.1) is 11.3 Å². The van der Waals surface area contributed by atoms with Crippen molar-refractivity contribution < 1.29 is 14.4 Å². The number of hydrogen-bond acceptors (Lipinski definition) is 5. The molecule has 0 saturated carbocycles. The molecule has 1 aromatic heterocycles. The van der Waals surface area contributed by atoms with Crippen LogP contribution in [0.25, 0.3) is 0 Å². The van der Waals surface area contributed by atoms with E-state index in [1.54, 1.807) is 12.4 Å². The first-order valence-corrected chi connectivity index (χ1v) is 5.48. The Balaban J connectivity index is 2.19. The molecule has 2 rings (SSSR count). The summed E-state index contributed by atoms with van der Waals surface area (Å²) >= 11 is 1.21. The third kappa shape index (κ3) is 1.94. The summed E-state index contributed by atoms with van der Waals surface area (Å²) in [4.78, 5) is 39.8. The molecule has 0 aromatic carbocycles. The summed E-state index contributed by atoms with van der Waals surface area (Å²) in [5, 5.41) is 2.14. The average Bonchev–Trinajstić information content (AvgIpc) is 2.62. The van der Waals surface area contributed by atoms with E-state index >= 15 is 0 Å². The zero-order valence-electron chi connectivity index (χ0n) is 8.52. The van der Waals surface area contributed by atoms with Crippen LogP contribution < -0.4 is 5.32 Å². The number of rotatable bonds is 1. The number of aromatic nitrogens is 1. The van der Waals surface area contributed by atoms with Crippen molar-refractivity contribution in [3.63, 3.8) is 0 Å². The molecule has 1 aliphatic heterocycles. The summed E-state index contributed by atoms with van der Waals surface area (Å²) in [7, 11) is 0. The van der Waals surface area contributed by atoms with Crippen LogP contribution >= 0.6 is 11.3 Å². The Morgan fingerprint density at radius 1 is 1.44 bits per heavy atom. The molecule has 0 radical (unpaired) electrons. The second-order valence-corrected chi connectivity index (χ2v) is 4.25. The van der Waals surface area contributed by atoms with E-state index in [0.29, 0.717) is 10.6 Å². The molecule has 0 aliphatic carbocycles. The predicted octanol–water partition coefficient (Wildman–Crippen LogP) is -0.450. The van der Waals surface area contributed by atoms with Crippen LogP contribution in [0.15, 0.2) is 5.51 Å². The second kappa shape index (κ2) is 4.01. The number of hydrogen-bond donors (Lipinski definition) is 1. The van der Waals surface area contributed by atoms with E-state index in [1.165, 1.54) is 16.2 Å². The molecule has 1 N–H and O–H groups in total. The molecule has 1 aromatic rings. The van der Waals surface area contributed by atoms with Crippen LogP contribution in [0.3, 0.4) is 0 Å². The van der Waals surface area contributed by atoms with E-state index in [1.807, 2.05) is 0 Å². The molecule has 0 spiro atoms. The molecule has 84 valence electrons. The van der Waals surface area contributed by atoms with E-state index in [0.717, 1.165) is 0 Å². The Hall–Kier alpha value is -1.76. The number of nitrogens with one attached hydrogen (secondary N) is 1. The number of nitrogens with zero attached hydrogens (tertiary/aromatic N) is 2. The third-order valence-corrected chi connectivity index (χ3v) is 3.09.